The molecule has 24 heavy (non-hydrogen) atoms. The Morgan fingerprint density at radius 1 is 1.12 bits per heavy atom. The van der Waals surface area contributed by atoms with Gasteiger partial charge in [-0.05, 0) is 30.7 Å². The lowest BCUT2D eigenvalue weighted by atomic mass is 10.0. The lowest BCUT2D eigenvalue weighted by Gasteiger charge is -2.19. The third-order valence-corrected chi connectivity index (χ3v) is 4.32. The molecular formula is C19H20N4O. The minimum absolute atomic E-state index is 0.0647. The molecule has 1 N–H and O–H groups in total. The van der Waals surface area contributed by atoms with E-state index in [1.807, 2.05) is 53.5 Å². The van der Waals surface area contributed by atoms with Crippen LogP contribution in [-0.4, -0.2) is 27.4 Å². The normalized spacial score (nSPS) is 20.3. The molecule has 0 spiro atoms. The first kappa shape index (κ1) is 15.1. The molecule has 0 aliphatic carbocycles. The first-order valence-corrected chi connectivity index (χ1v) is 8.25. The number of nitrogens with one attached hydrogen (secondary N) is 1. The summed E-state index contributed by atoms with van der Waals surface area (Å²) in [5, 5.41) is 8.22. The molecule has 1 fully saturated rings. The van der Waals surface area contributed by atoms with Gasteiger partial charge in [-0.2, -0.15) is 5.10 Å². The van der Waals surface area contributed by atoms with Crippen molar-refractivity contribution in [2.45, 2.75) is 25.1 Å². The van der Waals surface area contributed by atoms with Crippen LogP contribution in [0.25, 0.3) is 5.69 Å². The lowest BCUT2D eigenvalue weighted by Crippen LogP contribution is -2.31. The zero-order valence-electron chi connectivity index (χ0n) is 13.4. The van der Waals surface area contributed by atoms with E-state index >= 15 is 0 Å². The second kappa shape index (κ2) is 6.95. The molecule has 3 heterocycles. The second-order valence-corrected chi connectivity index (χ2v) is 5.94. The molecule has 1 aliphatic heterocycles. The van der Waals surface area contributed by atoms with Gasteiger partial charge in [0.2, 0.25) is 0 Å². The fraction of sp³-hybridized carbons (Fsp3) is 0.263. The van der Waals surface area contributed by atoms with Crippen molar-refractivity contribution in [2.75, 3.05) is 6.61 Å². The summed E-state index contributed by atoms with van der Waals surface area (Å²) in [7, 11) is 0. The Morgan fingerprint density at radius 2 is 2.04 bits per heavy atom. The van der Waals surface area contributed by atoms with E-state index in [2.05, 4.69) is 27.5 Å². The van der Waals surface area contributed by atoms with Crippen LogP contribution in [0.3, 0.4) is 0 Å². The highest BCUT2D eigenvalue weighted by Crippen LogP contribution is 2.28. The Morgan fingerprint density at radius 3 is 2.88 bits per heavy atom. The van der Waals surface area contributed by atoms with E-state index in [0.29, 0.717) is 0 Å². The van der Waals surface area contributed by atoms with Crippen molar-refractivity contribution in [3.8, 4) is 5.69 Å². The average Bonchev–Trinajstić information content (AvgIpc) is 3.31. The Labute approximate surface area is 141 Å². The highest BCUT2D eigenvalue weighted by molar-refractivity contribution is 5.30. The van der Waals surface area contributed by atoms with Gasteiger partial charge < -0.3 is 10.1 Å². The van der Waals surface area contributed by atoms with Gasteiger partial charge in [-0.3, -0.25) is 4.98 Å². The smallest absolute Gasteiger partial charge is 0.0993 e. The van der Waals surface area contributed by atoms with Crippen molar-refractivity contribution in [3.05, 3.63) is 78.4 Å². The van der Waals surface area contributed by atoms with Gasteiger partial charge in [0, 0.05) is 43.3 Å². The fourth-order valence-electron chi connectivity index (χ4n) is 3.09. The highest BCUT2D eigenvalue weighted by Gasteiger charge is 2.29. The van der Waals surface area contributed by atoms with Gasteiger partial charge >= 0.3 is 0 Å². The number of hydrogen-bond donors (Lipinski definition) is 1. The molecule has 0 bridgehead atoms. The van der Waals surface area contributed by atoms with Gasteiger partial charge in [0.1, 0.15) is 0 Å². The summed E-state index contributed by atoms with van der Waals surface area (Å²) < 4.78 is 7.79. The summed E-state index contributed by atoms with van der Waals surface area (Å²) in [5.41, 5.74) is 3.22. The quantitative estimate of drug-likeness (QED) is 0.785. The summed E-state index contributed by atoms with van der Waals surface area (Å²) in [5.74, 6) is 0. The van der Waals surface area contributed by atoms with Crippen molar-refractivity contribution in [2.24, 2.45) is 0 Å². The molecule has 4 rings (SSSR count). The van der Waals surface area contributed by atoms with E-state index in [1.165, 1.54) is 0 Å². The Balaban J connectivity index is 1.41. The molecule has 1 aromatic carbocycles. The molecule has 1 aliphatic rings. The maximum absolute atomic E-state index is 5.89. The van der Waals surface area contributed by atoms with Crippen molar-refractivity contribution >= 4 is 0 Å². The summed E-state index contributed by atoms with van der Waals surface area (Å²) in [6.07, 6.45) is 6.73. The van der Waals surface area contributed by atoms with Crippen LogP contribution >= 0.6 is 0 Å². The number of nitrogens with zero attached hydrogens (tertiary/aromatic N) is 3. The van der Waals surface area contributed by atoms with E-state index in [4.69, 9.17) is 4.74 Å². The number of hydrogen-bond acceptors (Lipinski definition) is 4. The first-order valence-electron chi connectivity index (χ1n) is 8.25. The van der Waals surface area contributed by atoms with Crippen molar-refractivity contribution in [1.29, 1.82) is 0 Å². The van der Waals surface area contributed by atoms with Gasteiger partial charge in [-0.25, -0.2) is 4.68 Å². The third kappa shape index (κ3) is 3.22. The van der Waals surface area contributed by atoms with E-state index in [-0.39, 0.29) is 12.1 Å². The van der Waals surface area contributed by atoms with Gasteiger partial charge in [0.05, 0.1) is 17.5 Å². The van der Waals surface area contributed by atoms with Crippen LogP contribution in [0, 0.1) is 0 Å². The molecule has 2 atom stereocenters. The van der Waals surface area contributed by atoms with Crippen LogP contribution < -0.4 is 5.32 Å². The average molecular weight is 320 g/mol. The van der Waals surface area contributed by atoms with Crippen LogP contribution in [0.4, 0.5) is 0 Å². The molecular weight excluding hydrogens is 300 g/mol. The summed E-state index contributed by atoms with van der Waals surface area (Å²) in [4.78, 5) is 4.20. The predicted octanol–water partition coefficient (Wildman–Crippen LogP) is 2.89. The molecule has 5 heteroatoms. The Bertz CT molecular complexity index is 772. The van der Waals surface area contributed by atoms with E-state index in [9.17, 15) is 0 Å². The number of para-hydroxylation sites is 1. The first-order chi connectivity index (χ1) is 11.9. The summed E-state index contributed by atoms with van der Waals surface area (Å²) in [6.45, 7) is 1.50. The maximum atomic E-state index is 5.89. The topological polar surface area (TPSA) is 52.0 Å². The second-order valence-electron chi connectivity index (χ2n) is 5.94. The number of pyridine rings is 1. The monoisotopic (exact) mass is 320 g/mol. The molecule has 122 valence electrons. The summed E-state index contributed by atoms with van der Waals surface area (Å²) >= 11 is 0. The van der Waals surface area contributed by atoms with Crippen LogP contribution in [0.5, 0.6) is 0 Å². The predicted molar refractivity (Wildman–Crippen MR) is 91.7 cm³/mol. The molecule has 0 saturated carbocycles. The molecule has 2 aromatic heterocycles. The van der Waals surface area contributed by atoms with Crippen molar-refractivity contribution in [3.63, 3.8) is 0 Å². The zero-order chi connectivity index (χ0) is 16.2. The van der Waals surface area contributed by atoms with Crippen LogP contribution in [0.2, 0.25) is 0 Å². The van der Waals surface area contributed by atoms with Gasteiger partial charge in [-0.15, -0.1) is 0 Å². The van der Waals surface area contributed by atoms with Crippen LogP contribution in [-0.2, 0) is 11.3 Å². The minimum Gasteiger partial charge on any atom is -0.372 e. The fourth-order valence-corrected chi connectivity index (χ4v) is 3.09. The molecule has 5 nitrogen and oxygen atoms in total. The molecule has 0 unspecified atom stereocenters. The number of aromatic nitrogens is 3. The Kier molecular flexibility index (Phi) is 4.36. The summed E-state index contributed by atoms with van der Waals surface area (Å²) in [6, 6.07) is 16.5. The standard InChI is InChI=1S/C19H20N4O/c1-2-6-17(7-3-1)23-11-8-16(22-23)14-21-18-9-12-24-19(18)15-5-4-10-20-13-15/h1-8,10-11,13,18-19,21H,9,12,14H2/t18-,19+/m0/s1. The van der Waals surface area contributed by atoms with Gasteiger partial charge in [-0.1, -0.05) is 24.3 Å². The lowest BCUT2D eigenvalue weighted by molar-refractivity contribution is 0.0981. The Hall–Kier alpha value is -2.50. The minimum atomic E-state index is 0.0647. The highest BCUT2D eigenvalue weighted by atomic mass is 16.5. The SMILES string of the molecule is c1ccc(-n2ccc(CN[C@H]3CCO[C@@H]3c3cccnc3)n2)cc1. The number of benzene rings is 1. The largest absolute Gasteiger partial charge is 0.372 e. The van der Waals surface area contributed by atoms with E-state index < -0.39 is 0 Å². The van der Waals surface area contributed by atoms with E-state index in [1.54, 1.807) is 6.20 Å². The van der Waals surface area contributed by atoms with E-state index in [0.717, 1.165) is 36.5 Å². The van der Waals surface area contributed by atoms with Gasteiger partial charge in [0.15, 0.2) is 0 Å². The van der Waals surface area contributed by atoms with Crippen LogP contribution in [0.1, 0.15) is 23.8 Å². The number of rotatable bonds is 5. The third-order valence-electron chi connectivity index (χ3n) is 4.32. The molecule has 0 radical (unpaired) electrons. The molecule has 1 saturated heterocycles. The van der Waals surface area contributed by atoms with Crippen molar-refractivity contribution in [1.82, 2.24) is 20.1 Å². The molecule has 3 aromatic rings. The van der Waals surface area contributed by atoms with Crippen molar-refractivity contribution < 1.29 is 4.74 Å². The molecule has 0 amide bonds. The zero-order valence-corrected chi connectivity index (χ0v) is 13.4. The van der Waals surface area contributed by atoms with Crippen LogP contribution in [0.15, 0.2) is 67.1 Å². The number of ether oxygens (including phenoxy) is 1. The maximum Gasteiger partial charge on any atom is 0.0993 e. The van der Waals surface area contributed by atoms with Gasteiger partial charge in [0.25, 0.3) is 0 Å².